The molecule has 2 heterocycles. The molecule has 1 aliphatic rings. The van der Waals surface area contributed by atoms with Crippen LogP contribution >= 0.6 is 0 Å². The van der Waals surface area contributed by atoms with Crippen LogP contribution in [0.1, 0.15) is 24.1 Å². The average molecular weight is 243 g/mol. The first kappa shape index (κ1) is 11.1. The van der Waals surface area contributed by atoms with Crippen molar-refractivity contribution >= 4 is 5.82 Å². The van der Waals surface area contributed by atoms with Crippen LogP contribution in [0.2, 0.25) is 0 Å². The Morgan fingerprint density at radius 1 is 1.33 bits per heavy atom. The molecule has 0 saturated carbocycles. The van der Waals surface area contributed by atoms with E-state index in [1.165, 1.54) is 11.6 Å². The van der Waals surface area contributed by atoms with Gasteiger partial charge in [0.2, 0.25) is 0 Å². The highest BCUT2D eigenvalue weighted by atomic mass is 19.1. The van der Waals surface area contributed by atoms with Crippen LogP contribution in [0, 0.1) is 5.82 Å². The number of hydrogen-bond donors (Lipinski definition) is 0. The van der Waals surface area contributed by atoms with Gasteiger partial charge in [0.05, 0.1) is 6.04 Å². The van der Waals surface area contributed by atoms with Crippen LogP contribution in [-0.4, -0.2) is 16.5 Å². The second-order valence-electron chi connectivity index (χ2n) is 4.53. The van der Waals surface area contributed by atoms with E-state index in [9.17, 15) is 4.39 Å². The summed E-state index contributed by atoms with van der Waals surface area (Å²) in [6.45, 7) is 2.98. The molecule has 0 fully saturated rings. The fourth-order valence-corrected chi connectivity index (χ4v) is 2.57. The number of hydrogen-bond acceptors (Lipinski definition) is 3. The van der Waals surface area contributed by atoms with Gasteiger partial charge in [0.25, 0.3) is 0 Å². The average Bonchev–Trinajstić information content (AvgIpc) is 2.40. The maximum absolute atomic E-state index is 13.2. The third-order valence-corrected chi connectivity index (χ3v) is 3.51. The summed E-state index contributed by atoms with van der Waals surface area (Å²) in [5.41, 5.74) is 2.29. The first-order valence-corrected chi connectivity index (χ1v) is 6.06. The van der Waals surface area contributed by atoms with Gasteiger partial charge in [-0.25, -0.2) is 14.4 Å². The summed E-state index contributed by atoms with van der Waals surface area (Å²) in [6, 6.07) is 7.17. The van der Waals surface area contributed by atoms with E-state index in [-0.39, 0.29) is 11.9 Å². The molecule has 4 heteroatoms. The van der Waals surface area contributed by atoms with Crippen molar-refractivity contribution in [3.8, 4) is 0 Å². The summed E-state index contributed by atoms with van der Waals surface area (Å²) < 4.78 is 13.2. The Balaban J connectivity index is 1.97. The van der Waals surface area contributed by atoms with Gasteiger partial charge in [0.1, 0.15) is 18.0 Å². The van der Waals surface area contributed by atoms with Gasteiger partial charge in [-0.2, -0.15) is 0 Å². The van der Waals surface area contributed by atoms with E-state index in [1.54, 1.807) is 18.6 Å². The molecular formula is C14H14FN3. The summed E-state index contributed by atoms with van der Waals surface area (Å²) in [7, 11) is 0. The van der Waals surface area contributed by atoms with E-state index in [4.69, 9.17) is 0 Å². The smallest absolute Gasteiger partial charge is 0.132 e. The maximum atomic E-state index is 13.2. The summed E-state index contributed by atoms with van der Waals surface area (Å²) >= 11 is 0. The molecule has 0 aliphatic carbocycles. The second-order valence-corrected chi connectivity index (χ2v) is 4.53. The second kappa shape index (κ2) is 4.37. The minimum absolute atomic E-state index is 0.156. The van der Waals surface area contributed by atoms with E-state index in [2.05, 4.69) is 21.8 Å². The Morgan fingerprint density at radius 2 is 2.22 bits per heavy atom. The van der Waals surface area contributed by atoms with Crippen molar-refractivity contribution in [2.24, 2.45) is 0 Å². The van der Waals surface area contributed by atoms with Crippen molar-refractivity contribution in [2.45, 2.75) is 19.4 Å². The van der Waals surface area contributed by atoms with Gasteiger partial charge in [-0.1, -0.05) is 6.07 Å². The molecule has 1 aliphatic heterocycles. The molecule has 0 N–H and O–H groups in total. The van der Waals surface area contributed by atoms with Crippen LogP contribution in [0.25, 0.3) is 0 Å². The van der Waals surface area contributed by atoms with Crippen LogP contribution in [0.15, 0.2) is 36.8 Å². The van der Waals surface area contributed by atoms with Gasteiger partial charge in [0, 0.05) is 12.7 Å². The number of rotatable bonds is 1. The van der Waals surface area contributed by atoms with Gasteiger partial charge in [-0.3, -0.25) is 0 Å². The van der Waals surface area contributed by atoms with Gasteiger partial charge in [0.15, 0.2) is 0 Å². The van der Waals surface area contributed by atoms with Gasteiger partial charge in [-0.05, 0) is 42.7 Å². The lowest BCUT2D eigenvalue weighted by atomic mass is 9.93. The van der Waals surface area contributed by atoms with Crippen LogP contribution in [0.4, 0.5) is 10.2 Å². The van der Waals surface area contributed by atoms with Crippen LogP contribution in [0.3, 0.4) is 0 Å². The molecule has 0 radical (unpaired) electrons. The molecule has 0 spiro atoms. The van der Waals surface area contributed by atoms with Crippen LogP contribution in [0.5, 0.6) is 0 Å². The number of halogens is 1. The third-order valence-electron chi connectivity index (χ3n) is 3.51. The quantitative estimate of drug-likeness (QED) is 0.771. The first-order chi connectivity index (χ1) is 8.75. The molecule has 92 valence electrons. The maximum Gasteiger partial charge on any atom is 0.132 e. The van der Waals surface area contributed by atoms with E-state index >= 15 is 0 Å². The lowest BCUT2D eigenvalue weighted by Crippen LogP contribution is -2.34. The molecule has 0 bridgehead atoms. The Kier molecular flexibility index (Phi) is 2.70. The molecule has 2 aromatic rings. The summed E-state index contributed by atoms with van der Waals surface area (Å²) in [6.07, 6.45) is 4.15. The topological polar surface area (TPSA) is 29.0 Å². The Labute approximate surface area is 105 Å². The molecular weight excluding hydrogens is 229 g/mol. The van der Waals surface area contributed by atoms with Crippen molar-refractivity contribution in [3.05, 3.63) is 53.7 Å². The highest BCUT2D eigenvalue weighted by Gasteiger charge is 2.24. The zero-order valence-electron chi connectivity index (χ0n) is 10.2. The summed E-state index contributed by atoms with van der Waals surface area (Å²) in [5.74, 6) is 0.768. The molecule has 1 aromatic heterocycles. The minimum Gasteiger partial charge on any atom is -0.349 e. The molecule has 3 rings (SSSR count). The van der Waals surface area contributed by atoms with E-state index in [0.29, 0.717) is 0 Å². The summed E-state index contributed by atoms with van der Waals surface area (Å²) in [4.78, 5) is 10.4. The Bertz CT molecular complexity index is 556. The predicted molar refractivity (Wildman–Crippen MR) is 67.9 cm³/mol. The monoisotopic (exact) mass is 243 g/mol. The largest absolute Gasteiger partial charge is 0.349 e. The highest BCUT2D eigenvalue weighted by Crippen LogP contribution is 2.32. The molecule has 1 aromatic carbocycles. The number of nitrogens with zero attached hydrogens (tertiary/aromatic N) is 3. The van der Waals surface area contributed by atoms with Crippen molar-refractivity contribution in [2.75, 3.05) is 11.4 Å². The van der Waals surface area contributed by atoms with E-state index < -0.39 is 0 Å². The zero-order chi connectivity index (χ0) is 12.5. The molecule has 1 unspecified atom stereocenters. The third kappa shape index (κ3) is 1.83. The number of benzene rings is 1. The summed E-state index contributed by atoms with van der Waals surface area (Å²) in [5, 5.41) is 0. The Hall–Kier alpha value is -1.97. The number of fused-ring (bicyclic) bond motifs is 1. The molecule has 18 heavy (non-hydrogen) atoms. The lowest BCUT2D eigenvalue weighted by molar-refractivity contribution is 0.594. The lowest BCUT2D eigenvalue weighted by Gasteiger charge is -2.36. The van der Waals surface area contributed by atoms with Gasteiger partial charge < -0.3 is 4.90 Å². The minimum atomic E-state index is -0.156. The standard InChI is InChI=1S/C14H14FN3/c1-10-13-3-2-12(15)8-11(13)5-7-18(10)14-4-6-16-9-17-14/h2-4,6,8-10H,5,7H2,1H3. The molecule has 0 amide bonds. The molecule has 1 atom stereocenters. The SMILES string of the molecule is CC1c2ccc(F)cc2CCN1c1ccncn1. The normalized spacial score (nSPS) is 18.6. The molecule has 3 nitrogen and oxygen atoms in total. The number of anilines is 1. The van der Waals surface area contributed by atoms with E-state index in [0.717, 1.165) is 24.3 Å². The molecule has 0 saturated heterocycles. The fraction of sp³-hybridized carbons (Fsp3) is 0.286. The van der Waals surface area contributed by atoms with Crippen LogP contribution in [-0.2, 0) is 6.42 Å². The van der Waals surface area contributed by atoms with Crippen molar-refractivity contribution in [3.63, 3.8) is 0 Å². The highest BCUT2D eigenvalue weighted by molar-refractivity contribution is 5.46. The van der Waals surface area contributed by atoms with Crippen molar-refractivity contribution in [1.82, 2.24) is 9.97 Å². The van der Waals surface area contributed by atoms with Crippen molar-refractivity contribution in [1.29, 1.82) is 0 Å². The van der Waals surface area contributed by atoms with Gasteiger partial charge in [-0.15, -0.1) is 0 Å². The first-order valence-electron chi connectivity index (χ1n) is 6.06. The number of aromatic nitrogens is 2. The predicted octanol–water partition coefficient (Wildman–Crippen LogP) is 2.74. The fourth-order valence-electron chi connectivity index (χ4n) is 2.57. The van der Waals surface area contributed by atoms with Crippen molar-refractivity contribution < 1.29 is 4.39 Å². The van der Waals surface area contributed by atoms with Gasteiger partial charge >= 0.3 is 0 Å². The van der Waals surface area contributed by atoms with E-state index in [1.807, 2.05) is 12.1 Å². The van der Waals surface area contributed by atoms with Crippen LogP contribution < -0.4 is 4.90 Å². The Morgan fingerprint density at radius 3 is 3.00 bits per heavy atom. The zero-order valence-corrected chi connectivity index (χ0v) is 10.2.